The number of likely N-dealkylation sites (N-methyl/N-ethyl adjacent to an activating group) is 1. The first-order valence-corrected chi connectivity index (χ1v) is 4.99. The molecule has 0 aliphatic heterocycles. The molecule has 0 heterocycles. The first-order valence-electron chi connectivity index (χ1n) is 4.28. The number of halogens is 1. The second-order valence-corrected chi connectivity index (χ2v) is 4.27. The summed E-state index contributed by atoms with van der Waals surface area (Å²) in [6, 6.07) is -0.169. The Kier molecular flexibility index (Phi) is 5.25. The van der Waals surface area contributed by atoms with Crippen molar-refractivity contribution in [3.8, 4) is 0 Å². The van der Waals surface area contributed by atoms with E-state index in [-0.39, 0.29) is 11.9 Å². The number of amides is 1. The predicted octanol–water partition coefficient (Wildman–Crippen LogP) is 1.83. The molecule has 0 bridgehead atoms. The monoisotopic (exact) mass is 248 g/mol. The van der Waals surface area contributed by atoms with Gasteiger partial charge in [-0.1, -0.05) is 12.5 Å². The Balaban J connectivity index is 4.85. The lowest BCUT2D eigenvalue weighted by Gasteiger charge is -2.18. The molecule has 1 unspecified atom stereocenters. The highest BCUT2D eigenvalue weighted by Gasteiger charge is 2.19. The summed E-state index contributed by atoms with van der Waals surface area (Å²) in [5, 5.41) is 0. The van der Waals surface area contributed by atoms with E-state index in [1.54, 1.807) is 7.05 Å². The summed E-state index contributed by atoms with van der Waals surface area (Å²) in [6.45, 7) is 5.77. The van der Waals surface area contributed by atoms with Gasteiger partial charge in [-0.25, -0.2) is 0 Å². The summed E-state index contributed by atoms with van der Waals surface area (Å²) in [5.74, 6) is -0.0608. The predicted molar refractivity (Wildman–Crippen MR) is 58.3 cm³/mol. The van der Waals surface area contributed by atoms with Gasteiger partial charge in [0.2, 0.25) is 0 Å². The third kappa shape index (κ3) is 3.48. The number of rotatable bonds is 3. The third-order valence-corrected chi connectivity index (χ3v) is 2.18. The molecule has 0 spiro atoms. The van der Waals surface area contributed by atoms with Crippen LogP contribution in [0.2, 0.25) is 0 Å². The molecule has 0 aromatic heterocycles. The zero-order valence-electron chi connectivity index (χ0n) is 8.60. The summed E-state index contributed by atoms with van der Waals surface area (Å²) < 4.78 is 1.38. The van der Waals surface area contributed by atoms with E-state index in [9.17, 15) is 4.79 Å². The third-order valence-electron chi connectivity index (χ3n) is 1.86. The van der Waals surface area contributed by atoms with Crippen molar-refractivity contribution in [2.24, 2.45) is 5.73 Å². The zero-order valence-corrected chi connectivity index (χ0v) is 10.2. The van der Waals surface area contributed by atoms with Crippen molar-refractivity contribution in [3.05, 3.63) is 11.1 Å². The summed E-state index contributed by atoms with van der Waals surface area (Å²) in [7, 11) is 1.66. The van der Waals surface area contributed by atoms with Gasteiger partial charge >= 0.3 is 0 Å². The number of hydrogen-bond acceptors (Lipinski definition) is 2. The van der Waals surface area contributed by atoms with E-state index < -0.39 is 0 Å². The van der Waals surface area contributed by atoms with Crippen molar-refractivity contribution in [1.82, 2.24) is 3.93 Å². The Labute approximate surface area is 88.3 Å². The summed E-state index contributed by atoms with van der Waals surface area (Å²) in [6.07, 6.45) is 0.771. The fourth-order valence-electron chi connectivity index (χ4n) is 1.11. The van der Waals surface area contributed by atoms with E-state index >= 15 is 0 Å². The first-order chi connectivity index (χ1) is 5.91. The van der Waals surface area contributed by atoms with Crippen molar-refractivity contribution in [1.29, 1.82) is 0 Å². The van der Waals surface area contributed by atoms with E-state index in [2.05, 4.69) is 16.1 Å². The number of hydrogen-bond donors (Lipinski definition) is 1. The van der Waals surface area contributed by atoms with Crippen LogP contribution < -0.4 is 5.73 Å². The lowest BCUT2D eigenvalue weighted by Crippen LogP contribution is -2.32. The van der Waals surface area contributed by atoms with E-state index in [0.29, 0.717) is 5.57 Å². The molecule has 1 atom stereocenters. The Hall–Kier alpha value is -0.350. The van der Waals surface area contributed by atoms with Crippen molar-refractivity contribution in [2.75, 3.05) is 7.05 Å². The number of nitrogens with zero attached hydrogens (tertiary/aromatic N) is 1. The van der Waals surface area contributed by atoms with Gasteiger partial charge < -0.3 is 5.73 Å². The van der Waals surface area contributed by atoms with Gasteiger partial charge in [0.25, 0.3) is 5.91 Å². The molecule has 0 fully saturated rings. The van der Waals surface area contributed by atoms with Crippen molar-refractivity contribution in [2.45, 2.75) is 33.2 Å². The number of carbonyl (C=O) groups excluding carboxylic acids is 1. The maximum absolute atomic E-state index is 11.6. The SMILES string of the molecule is CCC(N)C(C(=O)N(C)Br)=C(C)C. The molecule has 0 aliphatic carbocycles. The maximum Gasteiger partial charge on any atom is 0.260 e. The molecular formula is C9H17BrN2O. The quantitative estimate of drug-likeness (QED) is 0.612. The van der Waals surface area contributed by atoms with Crippen LogP contribution in [0, 0.1) is 0 Å². The van der Waals surface area contributed by atoms with Crippen molar-refractivity contribution in [3.63, 3.8) is 0 Å². The minimum atomic E-state index is -0.169. The Morgan fingerprint density at radius 3 is 2.23 bits per heavy atom. The van der Waals surface area contributed by atoms with Gasteiger partial charge in [-0.3, -0.25) is 8.72 Å². The van der Waals surface area contributed by atoms with Gasteiger partial charge in [0.15, 0.2) is 0 Å². The molecule has 0 saturated heterocycles. The van der Waals surface area contributed by atoms with Crippen LogP contribution in [0.15, 0.2) is 11.1 Å². The van der Waals surface area contributed by atoms with E-state index in [0.717, 1.165) is 12.0 Å². The molecule has 0 saturated carbocycles. The number of allylic oxidation sites excluding steroid dienone is 1. The summed E-state index contributed by atoms with van der Waals surface area (Å²) in [5.41, 5.74) is 7.50. The van der Waals surface area contributed by atoms with Crippen molar-refractivity contribution < 1.29 is 4.79 Å². The van der Waals surface area contributed by atoms with Gasteiger partial charge in [0.1, 0.15) is 0 Å². The van der Waals surface area contributed by atoms with Gasteiger partial charge in [0.05, 0.1) is 16.1 Å². The van der Waals surface area contributed by atoms with Crippen LogP contribution in [0.1, 0.15) is 27.2 Å². The molecule has 0 aromatic rings. The number of carbonyl (C=O) groups is 1. The van der Waals surface area contributed by atoms with Crippen LogP contribution in [0.25, 0.3) is 0 Å². The van der Waals surface area contributed by atoms with Crippen LogP contribution in [0.4, 0.5) is 0 Å². The Morgan fingerprint density at radius 1 is 1.54 bits per heavy atom. The van der Waals surface area contributed by atoms with Gasteiger partial charge in [-0.2, -0.15) is 0 Å². The summed E-state index contributed by atoms with van der Waals surface area (Å²) >= 11 is 3.10. The molecule has 0 radical (unpaired) electrons. The molecule has 0 rings (SSSR count). The second-order valence-electron chi connectivity index (χ2n) is 3.21. The first kappa shape index (κ1) is 12.7. The van der Waals surface area contributed by atoms with Crippen molar-refractivity contribution >= 4 is 22.1 Å². The van der Waals surface area contributed by atoms with E-state index in [1.165, 1.54) is 3.93 Å². The second kappa shape index (κ2) is 5.40. The topological polar surface area (TPSA) is 46.3 Å². The van der Waals surface area contributed by atoms with E-state index in [4.69, 9.17) is 5.73 Å². The smallest absolute Gasteiger partial charge is 0.260 e. The fraction of sp³-hybridized carbons (Fsp3) is 0.667. The highest BCUT2D eigenvalue weighted by molar-refractivity contribution is 9.07. The van der Waals surface area contributed by atoms with Crippen LogP contribution in [-0.2, 0) is 4.79 Å². The Morgan fingerprint density at radius 2 is 2.00 bits per heavy atom. The molecule has 2 N–H and O–H groups in total. The highest BCUT2D eigenvalue weighted by Crippen LogP contribution is 2.14. The molecule has 1 amide bonds. The lowest BCUT2D eigenvalue weighted by atomic mass is 10.0. The highest BCUT2D eigenvalue weighted by atomic mass is 79.9. The molecule has 0 aliphatic rings. The van der Waals surface area contributed by atoms with Gasteiger partial charge in [0, 0.05) is 18.7 Å². The number of nitrogens with two attached hydrogens (primary N) is 1. The van der Waals surface area contributed by atoms with Crippen LogP contribution in [-0.4, -0.2) is 22.9 Å². The molecule has 76 valence electrons. The van der Waals surface area contributed by atoms with Crippen LogP contribution in [0.5, 0.6) is 0 Å². The molecular weight excluding hydrogens is 232 g/mol. The van der Waals surface area contributed by atoms with E-state index in [1.807, 2.05) is 20.8 Å². The minimum absolute atomic E-state index is 0.0608. The standard InChI is InChI=1S/C9H17BrN2O/c1-5-7(11)8(6(2)3)9(13)12(4)10/h7H,5,11H2,1-4H3. The van der Waals surface area contributed by atoms with Gasteiger partial charge in [-0.15, -0.1) is 0 Å². The Bertz CT molecular complexity index is 220. The maximum atomic E-state index is 11.6. The largest absolute Gasteiger partial charge is 0.324 e. The molecule has 0 aromatic carbocycles. The average molecular weight is 249 g/mol. The normalized spacial score (nSPS) is 12.2. The molecule has 4 heteroatoms. The van der Waals surface area contributed by atoms with Gasteiger partial charge in [-0.05, 0) is 20.3 Å². The fourth-order valence-corrected chi connectivity index (χ4v) is 1.30. The average Bonchev–Trinajstić information content (AvgIpc) is 2.03. The molecule has 3 nitrogen and oxygen atoms in total. The summed E-state index contributed by atoms with van der Waals surface area (Å²) in [4.78, 5) is 11.6. The van der Waals surface area contributed by atoms with Crippen LogP contribution >= 0.6 is 16.1 Å². The molecule has 13 heavy (non-hydrogen) atoms. The van der Waals surface area contributed by atoms with Crippen LogP contribution in [0.3, 0.4) is 0 Å². The zero-order chi connectivity index (χ0) is 10.6. The minimum Gasteiger partial charge on any atom is -0.324 e. The lowest BCUT2D eigenvalue weighted by molar-refractivity contribution is -0.121.